The van der Waals surface area contributed by atoms with Crippen LogP contribution in [0.2, 0.25) is 0 Å². The summed E-state index contributed by atoms with van der Waals surface area (Å²) in [4.78, 5) is 15.8. The SMILES string of the molecule is CC(=O)N[C@@H](Cc1cc(F)cc(F)c1)[C@H](O)CNCc1cc(CC(C)(C)C)ccc1-n1ccnc1. The third kappa shape index (κ3) is 8.26. The smallest absolute Gasteiger partial charge is 0.217 e. The molecule has 2 atom stereocenters. The molecule has 3 N–H and O–H groups in total. The van der Waals surface area contributed by atoms with Crippen LogP contribution in [-0.2, 0) is 24.2 Å². The summed E-state index contributed by atoms with van der Waals surface area (Å²) in [7, 11) is 0. The normalized spacial score (nSPS) is 13.5. The zero-order valence-electron chi connectivity index (χ0n) is 20.7. The number of rotatable bonds is 10. The lowest BCUT2D eigenvalue weighted by Crippen LogP contribution is -2.48. The fraction of sp³-hybridized carbons (Fsp3) is 0.407. The molecule has 3 aromatic rings. The topological polar surface area (TPSA) is 79.2 Å². The van der Waals surface area contributed by atoms with Crippen LogP contribution in [0.5, 0.6) is 0 Å². The molecule has 0 saturated heterocycles. The van der Waals surface area contributed by atoms with Gasteiger partial charge < -0.3 is 20.3 Å². The van der Waals surface area contributed by atoms with Crippen LogP contribution in [0, 0.1) is 17.0 Å². The number of hydrogen-bond donors (Lipinski definition) is 3. The highest BCUT2D eigenvalue weighted by Crippen LogP contribution is 2.24. The van der Waals surface area contributed by atoms with E-state index in [-0.39, 0.29) is 24.3 Å². The number of aliphatic hydroxyl groups is 1. The lowest BCUT2D eigenvalue weighted by molar-refractivity contribution is -0.120. The second-order valence-electron chi connectivity index (χ2n) is 10.2. The van der Waals surface area contributed by atoms with E-state index in [1.54, 1.807) is 12.5 Å². The molecule has 6 nitrogen and oxygen atoms in total. The minimum atomic E-state index is -0.973. The standard InChI is InChI=1S/C27H34F2N4O2/c1-18(34)32-24(12-20-10-22(28)13-23(29)11-20)26(35)16-31-15-21-9-19(14-27(2,3)4)5-6-25(21)33-8-7-30-17-33/h5-11,13,17,24,26,31,35H,12,14-16H2,1-4H3,(H,32,34)/t24-,26+/m0/s1. The zero-order valence-corrected chi connectivity index (χ0v) is 20.7. The summed E-state index contributed by atoms with van der Waals surface area (Å²) < 4.78 is 29.2. The van der Waals surface area contributed by atoms with E-state index in [9.17, 15) is 18.7 Å². The number of imidazole rings is 1. The minimum absolute atomic E-state index is 0.0957. The minimum Gasteiger partial charge on any atom is -0.390 e. The lowest BCUT2D eigenvalue weighted by Gasteiger charge is -2.25. The lowest BCUT2D eigenvalue weighted by atomic mass is 9.87. The van der Waals surface area contributed by atoms with Crippen molar-refractivity contribution in [3.8, 4) is 5.69 Å². The Kier molecular flexibility index (Phi) is 8.75. The summed E-state index contributed by atoms with van der Waals surface area (Å²) in [6.07, 6.45) is 5.38. The number of carbonyl (C=O) groups excluding carboxylic acids is 1. The predicted octanol–water partition coefficient (Wildman–Crippen LogP) is 3.94. The van der Waals surface area contributed by atoms with Crippen molar-refractivity contribution in [2.45, 2.75) is 59.2 Å². The summed E-state index contributed by atoms with van der Waals surface area (Å²) in [5.74, 6) is -1.73. The maximum absolute atomic E-state index is 13.6. The zero-order chi connectivity index (χ0) is 25.6. The van der Waals surface area contributed by atoms with Gasteiger partial charge in [-0.3, -0.25) is 4.79 Å². The quantitative estimate of drug-likeness (QED) is 0.407. The number of amides is 1. The summed E-state index contributed by atoms with van der Waals surface area (Å²) in [6.45, 7) is 8.57. The van der Waals surface area contributed by atoms with Crippen molar-refractivity contribution < 1.29 is 18.7 Å². The molecule has 0 aliphatic heterocycles. The first-order valence-electron chi connectivity index (χ1n) is 11.7. The number of nitrogens with one attached hydrogen (secondary N) is 2. The van der Waals surface area contributed by atoms with E-state index in [1.807, 2.05) is 10.8 Å². The van der Waals surface area contributed by atoms with Crippen LogP contribution in [0.4, 0.5) is 8.78 Å². The van der Waals surface area contributed by atoms with E-state index >= 15 is 0 Å². The molecule has 0 saturated carbocycles. The Morgan fingerprint density at radius 3 is 2.43 bits per heavy atom. The van der Waals surface area contributed by atoms with Crippen molar-refractivity contribution in [3.05, 3.63) is 83.4 Å². The van der Waals surface area contributed by atoms with E-state index in [0.717, 1.165) is 23.7 Å². The van der Waals surface area contributed by atoms with Gasteiger partial charge in [0, 0.05) is 38.5 Å². The second kappa shape index (κ2) is 11.6. The molecule has 1 amide bonds. The molecule has 0 spiro atoms. The number of aromatic nitrogens is 2. The van der Waals surface area contributed by atoms with Crippen LogP contribution in [0.15, 0.2) is 55.1 Å². The first-order valence-corrected chi connectivity index (χ1v) is 11.7. The van der Waals surface area contributed by atoms with E-state index in [1.165, 1.54) is 24.6 Å². The average molecular weight is 485 g/mol. The Morgan fingerprint density at radius 2 is 1.83 bits per heavy atom. The van der Waals surface area contributed by atoms with Gasteiger partial charge in [0.05, 0.1) is 24.2 Å². The van der Waals surface area contributed by atoms with E-state index in [2.05, 4.69) is 54.6 Å². The summed E-state index contributed by atoms with van der Waals surface area (Å²) in [6, 6.07) is 8.83. The molecule has 0 aliphatic carbocycles. The van der Waals surface area contributed by atoms with Crippen molar-refractivity contribution in [1.82, 2.24) is 20.2 Å². The molecule has 1 heterocycles. The van der Waals surface area contributed by atoms with Gasteiger partial charge in [0.1, 0.15) is 11.6 Å². The Labute approximate surface area is 205 Å². The van der Waals surface area contributed by atoms with Crippen molar-refractivity contribution in [2.75, 3.05) is 6.54 Å². The maximum Gasteiger partial charge on any atom is 0.217 e. The van der Waals surface area contributed by atoms with Gasteiger partial charge >= 0.3 is 0 Å². The number of halogens is 2. The van der Waals surface area contributed by atoms with Crippen LogP contribution in [-0.4, -0.2) is 39.3 Å². The molecule has 188 valence electrons. The molecule has 2 aromatic carbocycles. The van der Waals surface area contributed by atoms with Crippen molar-refractivity contribution in [2.24, 2.45) is 5.41 Å². The number of nitrogens with zero attached hydrogens (tertiary/aromatic N) is 2. The maximum atomic E-state index is 13.6. The third-order valence-electron chi connectivity index (χ3n) is 5.56. The van der Waals surface area contributed by atoms with Gasteiger partial charge in [0.15, 0.2) is 0 Å². The number of carbonyl (C=O) groups is 1. The monoisotopic (exact) mass is 484 g/mol. The predicted molar refractivity (Wildman–Crippen MR) is 132 cm³/mol. The largest absolute Gasteiger partial charge is 0.390 e. The highest BCUT2D eigenvalue weighted by molar-refractivity contribution is 5.73. The first kappa shape index (κ1) is 26.5. The molecule has 8 heteroatoms. The van der Waals surface area contributed by atoms with Gasteiger partial charge in [-0.15, -0.1) is 0 Å². The van der Waals surface area contributed by atoms with Crippen molar-refractivity contribution in [1.29, 1.82) is 0 Å². The molecule has 0 aliphatic rings. The highest BCUT2D eigenvalue weighted by Gasteiger charge is 2.21. The molecule has 3 rings (SSSR count). The van der Waals surface area contributed by atoms with Crippen LogP contribution >= 0.6 is 0 Å². The second-order valence-corrected chi connectivity index (χ2v) is 10.2. The van der Waals surface area contributed by atoms with Gasteiger partial charge in [-0.1, -0.05) is 32.9 Å². The van der Waals surface area contributed by atoms with Gasteiger partial charge in [-0.25, -0.2) is 13.8 Å². The molecule has 35 heavy (non-hydrogen) atoms. The van der Waals surface area contributed by atoms with E-state index in [0.29, 0.717) is 12.1 Å². The van der Waals surface area contributed by atoms with E-state index < -0.39 is 23.8 Å². The fourth-order valence-corrected chi connectivity index (χ4v) is 4.18. The highest BCUT2D eigenvalue weighted by atomic mass is 19.1. The van der Waals surface area contributed by atoms with Gasteiger partial charge in [-0.2, -0.15) is 0 Å². The Hall–Kier alpha value is -3.10. The summed E-state index contributed by atoms with van der Waals surface area (Å²) in [5.41, 5.74) is 3.73. The summed E-state index contributed by atoms with van der Waals surface area (Å²) in [5, 5.41) is 16.8. The molecule has 0 radical (unpaired) electrons. The van der Waals surface area contributed by atoms with Crippen LogP contribution in [0.3, 0.4) is 0 Å². The molecule has 0 fully saturated rings. The van der Waals surface area contributed by atoms with Gasteiger partial charge in [0.2, 0.25) is 5.91 Å². The van der Waals surface area contributed by atoms with Crippen molar-refractivity contribution >= 4 is 5.91 Å². The molecule has 1 aromatic heterocycles. The van der Waals surface area contributed by atoms with E-state index in [4.69, 9.17) is 0 Å². The molecule has 0 bridgehead atoms. The third-order valence-corrected chi connectivity index (χ3v) is 5.56. The number of aliphatic hydroxyl groups excluding tert-OH is 1. The number of benzene rings is 2. The Bertz CT molecular complexity index is 1110. The van der Waals surface area contributed by atoms with Gasteiger partial charge in [-0.05, 0) is 53.1 Å². The van der Waals surface area contributed by atoms with Crippen LogP contribution in [0.1, 0.15) is 44.4 Å². The van der Waals surface area contributed by atoms with Crippen LogP contribution < -0.4 is 10.6 Å². The fourth-order valence-electron chi connectivity index (χ4n) is 4.18. The Morgan fingerprint density at radius 1 is 1.11 bits per heavy atom. The molecular weight excluding hydrogens is 450 g/mol. The first-order chi connectivity index (χ1) is 16.5. The number of hydrogen-bond acceptors (Lipinski definition) is 4. The molecular formula is C27H34F2N4O2. The van der Waals surface area contributed by atoms with Crippen LogP contribution in [0.25, 0.3) is 5.69 Å². The van der Waals surface area contributed by atoms with Gasteiger partial charge in [0.25, 0.3) is 0 Å². The Balaban J connectivity index is 1.72. The van der Waals surface area contributed by atoms with Crippen molar-refractivity contribution in [3.63, 3.8) is 0 Å². The molecule has 0 unspecified atom stereocenters. The average Bonchev–Trinajstić information content (AvgIpc) is 3.26. The summed E-state index contributed by atoms with van der Waals surface area (Å²) >= 11 is 0.